The number of piperidine rings is 2. The average Bonchev–Trinajstić information content (AvgIpc) is 3.12. The van der Waals surface area contributed by atoms with Crippen molar-refractivity contribution in [3.63, 3.8) is 0 Å². The van der Waals surface area contributed by atoms with Crippen molar-refractivity contribution in [1.82, 2.24) is 9.88 Å². The summed E-state index contributed by atoms with van der Waals surface area (Å²) in [5.74, 6) is -0.226. The van der Waals surface area contributed by atoms with Gasteiger partial charge in [0.05, 0.1) is 16.1 Å². The van der Waals surface area contributed by atoms with Crippen LogP contribution in [0.25, 0.3) is 10.2 Å². The molecule has 0 bridgehead atoms. The number of carbonyl (C=O) groups is 2. The Hall–Kier alpha value is -2.15. The first-order valence-electron chi connectivity index (χ1n) is 9.30. The van der Waals surface area contributed by atoms with Crippen LogP contribution in [0.2, 0.25) is 0 Å². The summed E-state index contributed by atoms with van der Waals surface area (Å²) in [5.41, 5.74) is 6.47. The Kier molecular flexibility index (Phi) is 4.80. The molecule has 138 valence electrons. The van der Waals surface area contributed by atoms with Crippen molar-refractivity contribution in [2.75, 3.05) is 31.1 Å². The molecule has 0 spiro atoms. The molecule has 26 heavy (non-hydrogen) atoms. The van der Waals surface area contributed by atoms with E-state index in [1.165, 1.54) is 4.70 Å². The summed E-state index contributed by atoms with van der Waals surface area (Å²) in [4.78, 5) is 33.2. The lowest BCUT2D eigenvalue weighted by Gasteiger charge is -2.37. The van der Waals surface area contributed by atoms with E-state index in [1.807, 2.05) is 23.1 Å². The minimum Gasteiger partial charge on any atom is -0.369 e. The Balaban J connectivity index is 1.37. The molecular weight excluding hydrogens is 348 g/mol. The number of para-hydroxylation sites is 1. The van der Waals surface area contributed by atoms with Gasteiger partial charge in [-0.25, -0.2) is 4.98 Å². The summed E-state index contributed by atoms with van der Waals surface area (Å²) in [5, 5.41) is 1.05. The Bertz CT molecular complexity index is 780. The van der Waals surface area contributed by atoms with E-state index in [2.05, 4.69) is 11.0 Å². The smallest absolute Gasteiger partial charge is 0.225 e. The van der Waals surface area contributed by atoms with E-state index in [-0.39, 0.29) is 23.7 Å². The van der Waals surface area contributed by atoms with Gasteiger partial charge in [-0.2, -0.15) is 0 Å². The van der Waals surface area contributed by atoms with E-state index < -0.39 is 0 Å². The summed E-state index contributed by atoms with van der Waals surface area (Å²) < 4.78 is 1.20. The van der Waals surface area contributed by atoms with E-state index >= 15 is 0 Å². The van der Waals surface area contributed by atoms with Gasteiger partial charge in [0, 0.05) is 32.1 Å². The van der Waals surface area contributed by atoms with Crippen molar-refractivity contribution in [1.29, 1.82) is 0 Å². The lowest BCUT2D eigenvalue weighted by atomic mass is 9.92. The largest absolute Gasteiger partial charge is 0.369 e. The molecule has 2 N–H and O–H groups in total. The van der Waals surface area contributed by atoms with Gasteiger partial charge in [-0.3, -0.25) is 9.59 Å². The molecule has 2 aliphatic heterocycles. The van der Waals surface area contributed by atoms with Gasteiger partial charge in [0.25, 0.3) is 0 Å². The summed E-state index contributed by atoms with van der Waals surface area (Å²) in [6.45, 7) is 2.94. The van der Waals surface area contributed by atoms with E-state index in [0.717, 1.165) is 56.0 Å². The van der Waals surface area contributed by atoms with Crippen LogP contribution in [0.1, 0.15) is 25.7 Å². The quantitative estimate of drug-likeness (QED) is 0.896. The molecule has 1 aromatic carbocycles. The highest BCUT2D eigenvalue weighted by molar-refractivity contribution is 7.22. The van der Waals surface area contributed by atoms with Gasteiger partial charge in [-0.1, -0.05) is 23.5 Å². The second-order valence-corrected chi connectivity index (χ2v) is 8.26. The summed E-state index contributed by atoms with van der Waals surface area (Å²) in [6, 6.07) is 8.18. The van der Waals surface area contributed by atoms with Crippen LogP contribution in [0.4, 0.5) is 5.13 Å². The Morgan fingerprint density at radius 2 is 1.85 bits per heavy atom. The van der Waals surface area contributed by atoms with Crippen LogP contribution >= 0.6 is 11.3 Å². The van der Waals surface area contributed by atoms with Crippen molar-refractivity contribution < 1.29 is 9.59 Å². The number of fused-ring (bicyclic) bond motifs is 1. The van der Waals surface area contributed by atoms with Crippen molar-refractivity contribution in [2.45, 2.75) is 25.7 Å². The third-order valence-electron chi connectivity index (χ3n) is 5.53. The van der Waals surface area contributed by atoms with E-state index in [1.54, 1.807) is 11.3 Å². The number of aromatic nitrogens is 1. The number of anilines is 1. The molecule has 2 aliphatic rings. The Labute approximate surface area is 157 Å². The highest BCUT2D eigenvalue weighted by Crippen LogP contribution is 2.32. The summed E-state index contributed by atoms with van der Waals surface area (Å²) >= 11 is 1.71. The number of nitrogens with two attached hydrogens (primary N) is 1. The number of nitrogens with zero attached hydrogens (tertiary/aromatic N) is 3. The number of benzene rings is 1. The molecule has 2 fully saturated rings. The minimum atomic E-state index is -0.284. The van der Waals surface area contributed by atoms with Gasteiger partial charge in [0.15, 0.2) is 5.13 Å². The maximum Gasteiger partial charge on any atom is 0.225 e. The molecule has 0 unspecified atom stereocenters. The lowest BCUT2D eigenvalue weighted by Crippen LogP contribution is -2.48. The maximum absolute atomic E-state index is 12.8. The van der Waals surface area contributed by atoms with Crippen LogP contribution in [-0.4, -0.2) is 47.9 Å². The predicted molar refractivity (Wildman–Crippen MR) is 103 cm³/mol. The standard InChI is InChI=1S/C19H24N4O2S/c20-17(24)14-4-3-9-23(12-14)18(25)13-7-10-22(11-8-13)19-21-15-5-1-2-6-16(15)26-19/h1-2,5-6,13-14H,3-4,7-12H2,(H2,20,24)/t14-/m1/s1. The van der Waals surface area contributed by atoms with Crippen molar-refractivity contribution in [3.05, 3.63) is 24.3 Å². The van der Waals surface area contributed by atoms with Crippen molar-refractivity contribution in [3.8, 4) is 0 Å². The van der Waals surface area contributed by atoms with Gasteiger partial charge in [0.2, 0.25) is 11.8 Å². The van der Waals surface area contributed by atoms with Crippen LogP contribution < -0.4 is 10.6 Å². The Morgan fingerprint density at radius 1 is 1.08 bits per heavy atom. The van der Waals surface area contributed by atoms with Gasteiger partial charge >= 0.3 is 0 Å². The molecule has 0 radical (unpaired) electrons. The number of thiazole rings is 1. The van der Waals surface area contributed by atoms with E-state index in [4.69, 9.17) is 10.7 Å². The number of likely N-dealkylation sites (tertiary alicyclic amines) is 1. The first kappa shape index (κ1) is 17.3. The number of carbonyl (C=O) groups excluding carboxylic acids is 2. The van der Waals surface area contributed by atoms with Gasteiger partial charge in [-0.15, -0.1) is 0 Å². The van der Waals surface area contributed by atoms with Gasteiger partial charge < -0.3 is 15.5 Å². The molecule has 7 heteroatoms. The molecule has 3 heterocycles. The van der Waals surface area contributed by atoms with Gasteiger partial charge in [0.1, 0.15) is 0 Å². The molecule has 6 nitrogen and oxygen atoms in total. The first-order chi connectivity index (χ1) is 12.6. The fraction of sp³-hybridized carbons (Fsp3) is 0.526. The number of hydrogen-bond donors (Lipinski definition) is 1. The lowest BCUT2D eigenvalue weighted by molar-refractivity contribution is -0.139. The second kappa shape index (κ2) is 7.23. The molecule has 1 atom stereocenters. The second-order valence-electron chi connectivity index (χ2n) is 7.25. The maximum atomic E-state index is 12.8. The molecule has 2 amide bonds. The fourth-order valence-corrected chi connectivity index (χ4v) is 5.00. The average molecular weight is 372 g/mol. The third kappa shape index (κ3) is 3.40. The topological polar surface area (TPSA) is 79.5 Å². The molecule has 0 saturated carbocycles. The molecule has 2 aromatic rings. The minimum absolute atomic E-state index is 0.0484. The highest BCUT2D eigenvalue weighted by Gasteiger charge is 2.33. The zero-order chi connectivity index (χ0) is 18.1. The van der Waals surface area contributed by atoms with Crippen LogP contribution in [0.15, 0.2) is 24.3 Å². The molecule has 4 rings (SSSR count). The summed E-state index contributed by atoms with van der Waals surface area (Å²) in [6.07, 6.45) is 3.35. The molecule has 0 aliphatic carbocycles. The zero-order valence-corrected chi connectivity index (χ0v) is 15.6. The normalized spacial score (nSPS) is 21.9. The molecule has 2 saturated heterocycles. The number of primary amides is 1. The van der Waals surface area contributed by atoms with E-state index in [0.29, 0.717) is 6.54 Å². The van der Waals surface area contributed by atoms with Crippen molar-refractivity contribution in [2.24, 2.45) is 17.6 Å². The van der Waals surface area contributed by atoms with Crippen LogP contribution in [-0.2, 0) is 9.59 Å². The SMILES string of the molecule is NC(=O)[C@@H]1CCCN(C(=O)C2CCN(c3nc4ccccc4s3)CC2)C1. The predicted octanol–water partition coefficient (Wildman–Crippen LogP) is 2.24. The van der Waals surface area contributed by atoms with Crippen LogP contribution in [0.3, 0.4) is 0 Å². The first-order valence-corrected chi connectivity index (χ1v) is 10.1. The van der Waals surface area contributed by atoms with Crippen molar-refractivity contribution >= 4 is 38.5 Å². The number of hydrogen-bond acceptors (Lipinski definition) is 5. The fourth-order valence-electron chi connectivity index (χ4n) is 3.98. The third-order valence-corrected chi connectivity index (χ3v) is 6.63. The summed E-state index contributed by atoms with van der Waals surface area (Å²) in [7, 11) is 0. The molecular formula is C19H24N4O2S. The zero-order valence-electron chi connectivity index (χ0n) is 14.8. The van der Waals surface area contributed by atoms with Crippen LogP contribution in [0, 0.1) is 11.8 Å². The number of rotatable bonds is 3. The Morgan fingerprint density at radius 3 is 2.58 bits per heavy atom. The highest BCUT2D eigenvalue weighted by atomic mass is 32.1. The van der Waals surface area contributed by atoms with Crippen LogP contribution in [0.5, 0.6) is 0 Å². The number of amides is 2. The monoisotopic (exact) mass is 372 g/mol. The van der Waals surface area contributed by atoms with Gasteiger partial charge in [-0.05, 0) is 37.8 Å². The molecule has 1 aromatic heterocycles. The van der Waals surface area contributed by atoms with E-state index in [9.17, 15) is 9.59 Å².